The number of morpholine rings is 1. The summed E-state index contributed by atoms with van der Waals surface area (Å²) in [5, 5.41) is 21.6. The predicted octanol–water partition coefficient (Wildman–Crippen LogP) is 2.74. The Labute approximate surface area is 226 Å². The normalized spacial score (nSPS) is 14.7. The molecule has 1 amide bonds. The van der Waals surface area contributed by atoms with Crippen molar-refractivity contribution >= 4 is 34.6 Å². The third-order valence-corrected chi connectivity index (χ3v) is 7.28. The summed E-state index contributed by atoms with van der Waals surface area (Å²) in [4.78, 5) is 39.5. The first kappa shape index (κ1) is 25.8. The molecule has 39 heavy (non-hydrogen) atoms. The molecule has 1 aliphatic rings. The van der Waals surface area contributed by atoms with Crippen LogP contribution in [0.3, 0.4) is 0 Å². The van der Waals surface area contributed by atoms with Gasteiger partial charge in [0.15, 0.2) is 5.57 Å². The van der Waals surface area contributed by atoms with E-state index < -0.39 is 16.4 Å². The first-order valence-electron chi connectivity index (χ1n) is 12.0. The highest BCUT2D eigenvalue weighted by molar-refractivity contribution is 7.07. The monoisotopic (exact) mass is 542 g/mol. The van der Waals surface area contributed by atoms with Crippen LogP contribution in [0.15, 0.2) is 69.9 Å². The zero-order valence-electron chi connectivity index (χ0n) is 20.8. The van der Waals surface area contributed by atoms with Gasteiger partial charge in [-0.2, -0.15) is 5.26 Å². The number of ether oxygens (including phenoxy) is 1. The van der Waals surface area contributed by atoms with Crippen LogP contribution in [0.25, 0.3) is 28.7 Å². The van der Waals surface area contributed by atoms with Crippen LogP contribution >= 0.6 is 11.3 Å². The Kier molecular flexibility index (Phi) is 7.23. The van der Waals surface area contributed by atoms with Crippen molar-refractivity contribution in [3.05, 3.63) is 102 Å². The third-order valence-electron chi connectivity index (χ3n) is 6.19. The second kappa shape index (κ2) is 10.9. The standard InChI is InChI=1S/C28H22N4O6S/c1-18-7-9-21(23(15-18)32(35)36)24-10-8-20(38-24)16-25-27(34)31(19-5-3-2-4-6-19)28(39-25)22(17-29)26(33)30-11-13-37-14-12-30/h2-10,15-16H,11-14H2,1H3. The number of nitro groups is 1. The molecule has 2 aromatic carbocycles. The number of rotatable bonds is 5. The van der Waals surface area contributed by atoms with Crippen molar-refractivity contribution in [2.24, 2.45) is 0 Å². The molecular formula is C28H22N4O6S. The Morgan fingerprint density at radius 3 is 2.56 bits per heavy atom. The first-order chi connectivity index (χ1) is 18.9. The molecule has 3 heterocycles. The van der Waals surface area contributed by atoms with Crippen molar-refractivity contribution < 1.29 is 18.9 Å². The largest absolute Gasteiger partial charge is 0.456 e. The third kappa shape index (κ3) is 5.16. The lowest BCUT2D eigenvalue weighted by molar-refractivity contribution is -0.384. The van der Waals surface area contributed by atoms with Gasteiger partial charge < -0.3 is 14.1 Å². The lowest BCUT2D eigenvalue weighted by atomic mass is 10.1. The number of hydrogen-bond acceptors (Lipinski definition) is 8. The minimum absolute atomic E-state index is 0.0874. The average Bonchev–Trinajstić information content (AvgIpc) is 3.54. The molecule has 0 spiro atoms. The number of nitrogens with zero attached hydrogens (tertiary/aromatic N) is 4. The molecule has 11 heteroatoms. The Hall–Kier alpha value is -4.79. The molecule has 1 fully saturated rings. The molecule has 0 radical (unpaired) electrons. The van der Waals surface area contributed by atoms with Gasteiger partial charge in [-0.1, -0.05) is 24.3 Å². The van der Waals surface area contributed by atoms with Gasteiger partial charge in [0.05, 0.1) is 33.9 Å². The molecule has 0 bridgehead atoms. The number of benzene rings is 2. The number of nitro benzene ring substituents is 1. The molecule has 1 aliphatic heterocycles. The van der Waals surface area contributed by atoms with E-state index in [4.69, 9.17) is 9.15 Å². The maximum Gasteiger partial charge on any atom is 0.280 e. The summed E-state index contributed by atoms with van der Waals surface area (Å²) in [6.07, 6.45) is 1.51. The fourth-order valence-corrected chi connectivity index (χ4v) is 5.36. The van der Waals surface area contributed by atoms with Gasteiger partial charge in [0.2, 0.25) is 0 Å². The minimum atomic E-state index is -0.469. The van der Waals surface area contributed by atoms with Crippen molar-refractivity contribution in [3.8, 4) is 23.1 Å². The van der Waals surface area contributed by atoms with Crippen LogP contribution in [-0.2, 0) is 9.53 Å². The lowest BCUT2D eigenvalue weighted by Crippen LogP contribution is -2.42. The summed E-state index contributed by atoms with van der Waals surface area (Å²) >= 11 is 1.00. The van der Waals surface area contributed by atoms with Crippen LogP contribution in [-0.4, -0.2) is 46.6 Å². The Morgan fingerprint density at radius 1 is 1.13 bits per heavy atom. The number of nitriles is 1. The van der Waals surface area contributed by atoms with E-state index >= 15 is 0 Å². The van der Waals surface area contributed by atoms with Crippen molar-refractivity contribution in [1.82, 2.24) is 9.47 Å². The number of furan rings is 1. The smallest absolute Gasteiger partial charge is 0.280 e. The lowest BCUT2D eigenvalue weighted by Gasteiger charge is -2.26. The van der Waals surface area contributed by atoms with Crippen molar-refractivity contribution in [2.45, 2.75) is 6.92 Å². The van der Waals surface area contributed by atoms with Crippen LogP contribution in [0.2, 0.25) is 0 Å². The molecule has 0 N–H and O–H groups in total. The highest BCUT2D eigenvalue weighted by atomic mass is 32.1. The topological polar surface area (TPSA) is 132 Å². The molecule has 1 saturated heterocycles. The van der Waals surface area contributed by atoms with Crippen molar-refractivity contribution in [1.29, 1.82) is 5.26 Å². The van der Waals surface area contributed by atoms with E-state index in [1.54, 1.807) is 61.5 Å². The van der Waals surface area contributed by atoms with Gasteiger partial charge >= 0.3 is 0 Å². The number of thiazole rings is 1. The molecule has 0 saturated carbocycles. The highest BCUT2D eigenvalue weighted by Crippen LogP contribution is 2.32. The van der Waals surface area contributed by atoms with Gasteiger partial charge in [0.1, 0.15) is 22.3 Å². The van der Waals surface area contributed by atoms with Gasteiger partial charge in [-0.05, 0) is 42.8 Å². The van der Waals surface area contributed by atoms with E-state index in [9.17, 15) is 25.0 Å². The number of aryl methyl sites for hydroxylation is 1. The van der Waals surface area contributed by atoms with Crippen LogP contribution in [0, 0.1) is 28.4 Å². The molecule has 0 atom stereocenters. The maximum absolute atomic E-state index is 13.6. The zero-order valence-corrected chi connectivity index (χ0v) is 21.6. The number of hydrogen-bond donors (Lipinski definition) is 0. The van der Waals surface area contributed by atoms with Gasteiger partial charge in [0.25, 0.3) is 17.2 Å². The van der Waals surface area contributed by atoms with Crippen LogP contribution in [0.4, 0.5) is 5.69 Å². The maximum atomic E-state index is 13.6. The molecule has 2 aromatic heterocycles. The van der Waals surface area contributed by atoms with Crippen molar-refractivity contribution in [2.75, 3.05) is 26.3 Å². The minimum Gasteiger partial charge on any atom is -0.456 e. The number of aromatic nitrogens is 1. The quantitative estimate of drug-likeness (QED) is 0.280. The van der Waals surface area contributed by atoms with E-state index in [0.717, 1.165) is 16.9 Å². The molecule has 196 valence electrons. The Bertz CT molecular complexity index is 1790. The highest BCUT2D eigenvalue weighted by Gasteiger charge is 2.24. The summed E-state index contributed by atoms with van der Waals surface area (Å²) in [7, 11) is 0. The molecule has 5 rings (SSSR count). The molecule has 4 aromatic rings. The van der Waals surface area contributed by atoms with Gasteiger partial charge in [-0.25, -0.2) is 0 Å². The molecule has 0 unspecified atom stereocenters. The number of para-hydroxylation sites is 1. The summed E-state index contributed by atoms with van der Waals surface area (Å²) in [6, 6.07) is 18.8. The first-order valence-corrected chi connectivity index (χ1v) is 12.8. The van der Waals surface area contributed by atoms with Crippen LogP contribution in [0.5, 0.6) is 0 Å². The number of amides is 1. The van der Waals surface area contributed by atoms with Gasteiger partial charge in [-0.15, -0.1) is 11.3 Å². The molecular weight excluding hydrogens is 520 g/mol. The van der Waals surface area contributed by atoms with E-state index in [0.29, 0.717) is 43.3 Å². The van der Waals surface area contributed by atoms with Gasteiger partial charge in [0, 0.05) is 25.2 Å². The summed E-state index contributed by atoms with van der Waals surface area (Å²) in [5.74, 6) is 0.105. The average molecular weight is 543 g/mol. The SMILES string of the molecule is Cc1ccc(-c2ccc(C=c3sc(=C(C#N)C(=O)N4CCOCC4)n(-c4ccccc4)c3=O)o2)c([N+](=O)[O-])c1. The van der Waals surface area contributed by atoms with Crippen LogP contribution < -0.4 is 14.8 Å². The van der Waals surface area contributed by atoms with E-state index in [2.05, 4.69) is 0 Å². The Balaban J connectivity index is 1.67. The fourth-order valence-electron chi connectivity index (χ4n) is 4.28. The zero-order chi connectivity index (χ0) is 27.5. The van der Waals surface area contributed by atoms with Gasteiger partial charge in [-0.3, -0.25) is 24.3 Å². The second-order valence-electron chi connectivity index (χ2n) is 8.76. The van der Waals surface area contributed by atoms with E-state index in [-0.39, 0.29) is 26.2 Å². The summed E-state index contributed by atoms with van der Waals surface area (Å²) < 4.78 is 13.0. The predicted molar refractivity (Wildman–Crippen MR) is 145 cm³/mol. The number of carbonyl (C=O) groups is 1. The van der Waals surface area contributed by atoms with Crippen molar-refractivity contribution in [3.63, 3.8) is 0 Å². The molecule has 0 aliphatic carbocycles. The van der Waals surface area contributed by atoms with E-state index in [1.807, 2.05) is 6.07 Å². The summed E-state index contributed by atoms with van der Waals surface area (Å²) in [5.41, 5.74) is 0.908. The summed E-state index contributed by atoms with van der Waals surface area (Å²) in [6.45, 7) is 3.22. The fraction of sp³-hybridized carbons (Fsp3) is 0.179. The second-order valence-corrected chi connectivity index (χ2v) is 9.79. The molecule has 10 nitrogen and oxygen atoms in total. The van der Waals surface area contributed by atoms with E-state index in [1.165, 1.54) is 21.6 Å². The van der Waals surface area contributed by atoms with Crippen LogP contribution in [0.1, 0.15) is 11.3 Å². The Morgan fingerprint density at radius 2 is 1.87 bits per heavy atom. The number of carbonyl (C=O) groups excluding carboxylic acids is 1.